The first-order chi connectivity index (χ1) is 4.89. The molecule has 1 aliphatic carbocycles. The van der Waals surface area contributed by atoms with E-state index in [4.69, 9.17) is 0 Å². The summed E-state index contributed by atoms with van der Waals surface area (Å²) in [6.45, 7) is 5.01. The fraction of sp³-hybridized carbons (Fsp3) is 0.875. The molecule has 0 aliphatic heterocycles. The van der Waals surface area contributed by atoms with Crippen LogP contribution < -0.4 is 0 Å². The molecule has 3 nitrogen and oxygen atoms in total. The molecule has 1 rings (SSSR count). The van der Waals surface area contributed by atoms with Gasteiger partial charge in [0.25, 0.3) is 0 Å². The Morgan fingerprint density at radius 2 is 1.91 bits per heavy atom. The SMILES string of the molecule is CCC(C)C1(O)C(=O)C1(C)O. The molecule has 0 spiro atoms. The minimum absolute atomic E-state index is 0.162. The maximum Gasteiger partial charge on any atom is 0.202 e. The van der Waals surface area contributed by atoms with Crippen LogP contribution in [0.25, 0.3) is 0 Å². The first-order valence-corrected chi connectivity index (χ1v) is 3.88. The van der Waals surface area contributed by atoms with Crippen LogP contribution in [-0.2, 0) is 4.79 Å². The summed E-state index contributed by atoms with van der Waals surface area (Å²) in [5.74, 6) is -0.607. The van der Waals surface area contributed by atoms with Gasteiger partial charge >= 0.3 is 0 Å². The van der Waals surface area contributed by atoms with E-state index in [-0.39, 0.29) is 5.92 Å². The topological polar surface area (TPSA) is 57.5 Å². The minimum atomic E-state index is -1.50. The normalized spacial score (nSPS) is 45.7. The summed E-state index contributed by atoms with van der Waals surface area (Å²) in [6, 6.07) is 0. The second-order valence-electron chi connectivity index (χ2n) is 3.48. The van der Waals surface area contributed by atoms with Gasteiger partial charge in [0.05, 0.1) is 0 Å². The van der Waals surface area contributed by atoms with Gasteiger partial charge in [-0.25, -0.2) is 0 Å². The van der Waals surface area contributed by atoms with Gasteiger partial charge in [-0.2, -0.15) is 0 Å². The molecule has 64 valence electrons. The van der Waals surface area contributed by atoms with Gasteiger partial charge < -0.3 is 10.2 Å². The lowest BCUT2D eigenvalue weighted by molar-refractivity contribution is -0.118. The van der Waals surface area contributed by atoms with Crippen molar-refractivity contribution >= 4 is 5.78 Å². The van der Waals surface area contributed by atoms with Crippen LogP contribution >= 0.6 is 0 Å². The number of hydrogen-bond acceptors (Lipinski definition) is 3. The predicted molar refractivity (Wildman–Crippen MR) is 40.0 cm³/mol. The van der Waals surface area contributed by atoms with Crippen LogP contribution in [0.2, 0.25) is 0 Å². The molecule has 11 heavy (non-hydrogen) atoms. The molecular formula is C8H14O3. The monoisotopic (exact) mass is 158 g/mol. The first kappa shape index (κ1) is 8.68. The highest BCUT2D eigenvalue weighted by Gasteiger charge is 2.76. The van der Waals surface area contributed by atoms with E-state index in [1.165, 1.54) is 6.92 Å². The van der Waals surface area contributed by atoms with Crippen molar-refractivity contribution in [1.82, 2.24) is 0 Å². The van der Waals surface area contributed by atoms with Gasteiger partial charge in [-0.3, -0.25) is 4.79 Å². The van der Waals surface area contributed by atoms with Crippen molar-refractivity contribution < 1.29 is 15.0 Å². The highest BCUT2D eigenvalue weighted by molar-refractivity contribution is 6.13. The van der Waals surface area contributed by atoms with E-state index in [9.17, 15) is 15.0 Å². The van der Waals surface area contributed by atoms with Gasteiger partial charge in [-0.1, -0.05) is 20.3 Å². The van der Waals surface area contributed by atoms with Gasteiger partial charge in [0.1, 0.15) is 0 Å². The zero-order chi connectivity index (χ0) is 8.86. The predicted octanol–water partition coefficient (Wildman–Crippen LogP) is 0.0973. The standard InChI is InChI=1S/C8H14O3/c1-4-5(2)8(11)6(9)7(8,3)10/h5,10-11H,4H2,1-3H3. The van der Waals surface area contributed by atoms with Crippen LogP contribution in [0.15, 0.2) is 0 Å². The molecule has 3 unspecified atom stereocenters. The Morgan fingerprint density at radius 3 is 2.00 bits per heavy atom. The first-order valence-electron chi connectivity index (χ1n) is 3.88. The Hall–Kier alpha value is -0.410. The van der Waals surface area contributed by atoms with Crippen molar-refractivity contribution in [3.63, 3.8) is 0 Å². The summed E-state index contributed by atoms with van der Waals surface area (Å²) in [5.41, 5.74) is -2.97. The van der Waals surface area contributed by atoms with Crippen LogP contribution in [0.5, 0.6) is 0 Å². The van der Waals surface area contributed by atoms with E-state index in [0.717, 1.165) is 0 Å². The van der Waals surface area contributed by atoms with Crippen LogP contribution in [-0.4, -0.2) is 27.2 Å². The van der Waals surface area contributed by atoms with E-state index in [1.54, 1.807) is 6.92 Å². The fourth-order valence-corrected chi connectivity index (χ4v) is 1.49. The van der Waals surface area contributed by atoms with E-state index in [1.807, 2.05) is 6.92 Å². The number of aliphatic hydroxyl groups is 2. The van der Waals surface area contributed by atoms with Crippen molar-refractivity contribution in [3.8, 4) is 0 Å². The molecule has 1 fully saturated rings. The Labute approximate surface area is 66.0 Å². The second kappa shape index (κ2) is 2.05. The van der Waals surface area contributed by atoms with Gasteiger partial charge in [0.15, 0.2) is 11.2 Å². The third kappa shape index (κ3) is 0.781. The second-order valence-corrected chi connectivity index (χ2v) is 3.48. The number of carbonyl (C=O) groups excluding carboxylic acids is 1. The molecule has 0 saturated heterocycles. The van der Waals surface area contributed by atoms with E-state index in [2.05, 4.69) is 0 Å². The molecule has 3 heteroatoms. The molecule has 0 aromatic rings. The van der Waals surface area contributed by atoms with Crippen molar-refractivity contribution in [2.75, 3.05) is 0 Å². The smallest absolute Gasteiger partial charge is 0.202 e. The zero-order valence-corrected chi connectivity index (χ0v) is 7.09. The zero-order valence-electron chi connectivity index (χ0n) is 7.09. The van der Waals surface area contributed by atoms with Crippen molar-refractivity contribution in [2.24, 2.45) is 5.92 Å². The third-order valence-electron chi connectivity index (χ3n) is 2.79. The summed E-state index contributed by atoms with van der Waals surface area (Å²) in [5, 5.41) is 18.9. The summed E-state index contributed by atoms with van der Waals surface area (Å²) in [4.78, 5) is 11.0. The number of Topliss-reactive ketones (excluding diaryl/α,β-unsaturated/α-hetero) is 1. The quantitative estimate of drug-likeness (QED) is 0.599. The summed E-state index contributed by atoms with van der Waals surface area (Å²) in [7, 11) is 0. The molecule has 2 N–H and O–H groups in total. The number of carbonyl (C=O) groups is 1. The molecule has 1 aliphatic rings. The van der Waals surface area contributed by atoms with Gasteiger partial charge in [0.2, 0.25) is 5.78 Å². The average molecular weight is 158 g/mol. The highest BCUT2D eigenvalue weighted by Crippen LogP contribution is 2.48. The van der Waals surface area contributed by atoms with E-state index in [0.29, 0.717) is 6.42 Å². The minimum Gasteiger partial charge on any atom is -0.379 e. The molecule has 1 saturated carbocycles. The van der Waals surface area contributed by atoms with Crippen molar-refractivity contribution in [2.45, 2.75) is 38.4 Å². The highest BCUT2D eigenvalue weighted by atomic mass is 16.4. The molecule has 0 amide bonds. The molecular weight excluding hydrogens is 144 g/mol. The van der Waals surface area contributed by atoms with Gasteiger partial charge in [0, 0.05) is 0 Å². The number of hydrogen-bond donors (Lipinski definition) is 2. The number of ketones is 1. The Kier molecular flexibility index (Phi) is 1.62. The molecule has 0 radical (unpaired) electrons. The molecule has 0 aromatic heterocycles. The lowest BCUT2D eigenvalue weighted by Gasteiger charge is -2.16. The van der Waals surface area contributed by atoms with E-state index < -0.39 is 17.0 Å². The average Bonchev–Trinajstić information content (AvgIpc) is 2.34. The Morgan fingerprint density at radius 1 is 1.55 bits per heavy atom. The lowest BCUT2D eigenvalue weighted by atomic mass is 9.97. The largest absolute Gasteiger partial charge is 0.379 e. The van der Waals surface area contributed by atoms with Crippen LogP contribution in [0.3, 0.4) is 0 Å². The fourth-order valence-electron chi connectivity index (χ4n) is 1.49. The third-order valence-corrected chi connectivity index (χ3v) is 2.79. The van der Waals surface area contributed by atoms with Crippen molar-refractivity contribution in [3.05, 3.63) is 0 Å². The van der Waals surface area contributed by atoms with Gasteiger partial charge in [-0.05, 0) is 12.8 Å². The number of rotatable bonds is 2. The Balaban J connectivity index is 2.82. The lowest BCUT2D eigenvalue weighted by Crippen LogP contribution is -2.29. The van der Waals surface area contributed by atoms with Crippen LogP contribution in [0, 0.1) is 5.92 Å². The molecule has 3 atom stereocenters. The molecule has 0 bridgehead atoms. The summed E-state index contributed by atoms with van der Waals surface area (Å²) < 4.78 is 0. The maximum atomic E-state index is 11.0. The van der Waals surface area contributed by atoms with Crippen LogP contribution in [0.1, 0.15) is 27.2 Å². The van der Waals surface area contributed by atoms with Crippen molar-refractivity contribution in [1.29, 1.82) is 0 Å². The summed E-state index contributed by atoms with van der Waals surface area (Å²) >= 11 is 0. The maximum absolute atomic E-state index is 11.0. The summed E-state index contributed by atoms with van der Waals surface area (Å²) in [6.07, 6.45) is 0.693. The van der Waals surface area contributed by atoms with E-state index >= 15 is 0 Å². The van der Waals surface area contributed by atoms with Crippen LogP contribution in [0.4, 0.5) is 0 Å². The Bertz CT molecular complexity index is 198. The molecule has 0 heterocycles. The van der Waals surface area contributed by atoms with Gasteiger partial charge in [-0.15, -0.1) is 0 Å². The molecule has 0 aromatic carbocycles.